The summed E-state index contributed by atoms with van der Waals surface area (Å²) >= 11 is 0. The largest absolute Gasteiger partial charge is 0.488 e. The molecule has 0 unspecified atom stereocenters. The van der Waals surface area contributed by atoms with Gasteiger partial charge in [0.15, 0.2) is 11.6 Å². The van der Waals surface area contributed by atoms with Gasteiger partial charge >= 0.3 is 0 Å². The molecule has 0 aliphatic carbocycles. The van der Waals surface area contributed by atoms with Crippen molar-refractivity contribution in [1.29, 1.82) is 0 Å². The first-order valence-corrected chi connectivity index (χ1v) is 5.52. The quantitative estimate of drug-likeness (QED) is 0.802. The molecule has 0 amide bonds. The number of hydrogen-bond donors (Lipinski definition) is 1. The molecule has 1 aliphatic rings. The van der Waals surface area contributed by atoms with Gasteiger partial charge in [0.1, 0.15) is 0 Å². The van der Waals surface area contributed by atoms with Crippen LogP contribution < -0.4 is 10.5 Å². The van der Waals surface area contributed by atoms with Gasteiger partial charge in [0.25, 0.3) is 0 Å². The van der Waals surface area contributed by atoms with Gasteiger partial charge in [0.05, 0.1) is 12.3 Å². The molecular formula is C12H16FNO2. The zero-order chi connectivity index (χ0) is 11.4. The molecule has 0 spiro atoms. The van der Waals surface area contributed by atoms with Gasteiger partial charge in [-0.2, -0.15) is 0 Å². The van der Waals surface area contributed by atoms with Crippen molar-refractivity contribution in [2.24, 2.45) is 5.92 Å². The molecule has 0 atom stereocenters. The molecular weight excluding hydrogens is 209 g/mol. The smallest absolute Gasteiger partial charge is 0.177 e. The summed E-state index contributed by atoms with van der Waals surface area (Å²) in [4.78, 5) is 0. The highest BCUT2D eigenvalue weighted by Gasteiger charge is 2.16. The average molecular weight is 225 g/mol. The Morgan fingerprint density at radius 3 is 2.81 bits per heavy atom. The summed E-state index contributed by atoms with van der Waals surface area (Å²) in [6.45, 7) is 2.04. The van der Waals surface area contributed by atoms with Crippen molar-refractivity contribution in [2.75, 3.05) is 25.6 Å². The highest BCUT2D eigenvalue weighted by Crippen LogP contribution is 2.26. The number of benzene rings is 1. The second-order valence-corrected chi connectivity index (χ2v) is 4.02. The third kappa shape index (κ3) is 2.64. The molecule has 1 saturated heterocycles. The molecule has 1 aliphatic heterocycles. The third-order valence-electron chi connectivity index (χ3n) is 2.80. The SMILES string of the molecule is Nc1cccc(F)c1OCC1CCOCC1. The summed E-state index contributed by atoms with van der Waals surface area (Å²) in [5.74, 6) is 0.216. The van der Waals surface area contributed by atoms with Gasteiger partial charge < -0.3 is 15.2 Å². The lowest BCUT2D eigenvalue weighted by molar-refractivity contribution is 0.0493. The minimum Gasteiger partial charge on any atom is -0.488 e. The van der Waals surface area contributed by atoms with Crippen LogP contribution in [0, 0.1) is 11.7 Å². The van der Waals surface area contributed by atoms with Crippen molar-refractivity contribution in [3.05, 3.63) is 24.0 Å². The fourth-order valence-electron chi connectivity index (χ4n) is 1.79. The second kappa shape index (κ2) is 5.16. The van der Waals surface area contributed by atoms with Crippen LogP contribution in [0.25, 0.3) is 0 Å². The van der Waals surface area contributed by atoms with E-state index in [-0.39, 0.29) is 5.75 Å². The van der Waals surface area contributed by atoms with Crippen molar-refractivity contribution in [1.82, 2.24) is 0 Å². The van der Waals surface area contributed by atoms with Crippen LogP contribution in [0.2, 0.25) is 0 Å². The van der Waals surface area contributed by atoms with Crippen LogP contribution in [0.15, 0.2) is 18.2 Å². The van der Waals surface area contributed by atoms with Crippen LogP contribution in [0.1, 0.15) is 12.8 Å². The first kappa shape index (κ1) is 11.2. The molecule has 1 aromatic carbocycles. The highest BCUT2D eigenvalue weighted by atomic mass is 19.1. The zero-order valence-corrected chi connectivity index (χ0v) is 9.12. The molecule has 2 N–H and O–H groups in total. The van der Waals surface area contributed by atoms with Gasteiger partial charge in [-0.15, -0.1) is 0 Å². The first-order chi connectivity index (χ1) is 7.77. The van der Waals surface area contributed by atoms with E-state index in [4.69, 9.17) is 15.2 Å². The number of nitrogens with two attached hydrogens (primary N) is 1. The maximum absolute atomic E-state index is 13.4. The van der Waals surface area contributed by atoms with Crippen LogP contribution in [0.5, 0.6) is 5.75 Å². The predicted octanol–water partition coefficient (Wildman–Crippen LogP) is 2.21. The number of ether oxygens (including phenoxy) is 2. The molecule has 16 heavy (non-hydrogen) atoms. The maximum atomic E-state index is 13.4. The van der Waals surface area contributed by atoms with E-state index < -0.39 is 5.82 Å². The van der Waals surface area contributed by atoms with Gasteiger partial charge in [0.2, 0.25) is 0 Å². The van der Waals surface area contributed by atoms with Crippen molar-refractivity contribution >= 4 is 5.69 Å². The van der Waals surface area contributed by atoms with E-state index in [9.17, 15) is 4.39 Å². The van der Waals surface area contributed by atoms with Crippen molar-refractivity contribution < 1.29 is 13.9 Å². The highest BCUT2D eigenvalue weighted by molar-refractivity contribution is 5.52. The van der Waals surface area contributed by atoms with Crippen molar-refractivity contribution in [2.45, 2.75) is 12.8 Å². The van der Waals surface area contributed by atoms with E-state index in [1.807, 2.05) is 0 Å². The predicted molar refractivity (Wildman–Crippen MR) is 59.9 cm³/mol. The Hall–Kier alpha value is -1.29. The number of para-hydroxylation sites is 1. The van der Waals surface area contributed by atoms with E-state index in [0.29, 0.717) is 18.2 Å². The lowest BCUT2D eigenvalue weighted by Crippen LogP contribution is -2.21. The average Bonchev–Trinajstić information content (AvgIpc) is 2.30. The topological polar surface area (TPSA) is 44.5 Å². The summed E-state index contributed by atoms with van der Waals surface area (Å²) in [5.41, 5.74) is 6.00. The monoisotopic (exact) mass is 225 g/mol. The second-order valence-electron chi connectivity index (χ2n) is 4.02. The van der Waals surface area contributed by atoms with Crippen LogP contribution >= 0.6 is 0 Å². The van der Waals surface area contributed by atoms with Gasteiger partial charge in [-0.05, 0) is 30.9 Å². The summed E-state index contributed by atoms with van der Waals surface area (Å²) in [5, 5.41) is 0. The van der Waals surface area contributed by atoms with Crippen LogP contribution in [0.3, 0.4) is 0 Å². The Kier molecular flexibility index (Phi) is 3.62. The van der Waals surface area contributed by atoms with E-state index in [1.54, 1.807) is 12.1 Å². The molecule has 0 bridgehead atoms. The van der Waals surface area contributed by atoms with Crippen LogP contribution in [-0.4, -0.2) is 19.8 Å². The van der Waals surface area contributed by atoms with Gasteiger partial charge in [0, 0.05) is 13.2 Å². The van der Waals surface area contributed by atoms with Crippen LogP contribution in [0.4, 0.5) is 10.1 Å². The number of halogens is 1. The van der Waals surface area contributed by atoms with E-state index >= 15 is 0 Å². The summed E-state index contributed by atoms with van der Waals surface area (Å²) in [7, 11) is 0. The summed E-state index contributed by atoms with van der Waals surface area (Å²) < 4.78 is 24.1. The lowest BCUT2D eigenvalue weighted by atomic mass is 10.0. The Balaban J connectivity index is 1.93. The summed E-state index contributed by atoms with van der Waals surface area (Å²) in [6.07, 6.45) is 1.93. The Labute approximate surface area is 94.3 Å². The molecule has 2 rings (SSSR count). The molecule has 88 valence electrons. The number of rotatable bonds is 3. The standard InChI is InChI=1S/C12H16FNO2/c13-10-2-1-3-11(14)12(10)16-8-9-4-6-15-7-5-9/h1-3,9H,4-8,14H2. The third-order valence-corrected chi connectivity index (χ3v) is 2.80. The minimum absolute atomic E-state index is 0.175. The molecule has 1 aromatic rings. The minimum atomic E-state index is -0.396. The molecule has 1 heterocycles. The van der Waals surface area contributed by atoms with E-state index in [2.05, 4.69) is 0 Å². The molecule has 4 heteroatoms. The molecule has 0 aromatic heterocycles. The summed E-state index contributed by atoms with van der Waals surface area (Å²) in [6, 6.07) is 4.57. The number of anilines is 1. The van der Waals surface area contributed by atoms with E-state index in [0.717, 1.165) is 26.1 Å². The first-order valence-electron chi connectivity index (χ1n) is 5.52. The fourth-order valence-corrected chi connectivity index (χ4v) is 1.79. The Bertz CT molecular complexity index is 331. The van der Waals surface area contributed by atoms with Gasteiger partial charge in [-0.3, -0.25) is 0 Å². The fraction of sp³-hybridized carbons (Fsp3) is 0.500. The van der Waals surface area contributed by atoms with Gasteiger partial charge in [-0.1, -0.05) is 6.07 Å². The molecule has 0 radical (unpaired) electrons. The Morgan fingerprint density at radius 2 is 2.12 bits per heavy atom. The van der Waals surface area contributed by atoms with Gasteiger partial charge in [-0.25, -0.2) is 4.39 Å². The molecule has 3 nitrogen and oxygen atoms in total. The van der Waals surface area contributed by atoms with Crippen molar-refractivity contribution in [3.8, 4) is 5.75 Å². The maximum Gasteiger partial charge on any atom is 0.177 e. The zero-order valence-electron chi connectivity index (χ0n) is 9.12. The number of hydrogen-bond acceptors (Lipinski definition) is 3. The van der Waals surface area contributed by atoms with E-state index in [1.165, 1.54) is 6.07 Å². The normalized spacial score (nSPS) is 17.3. The Morgan fingerprint density at radius 1 is 1.38 bits per heavy atom. The molecule has 0 saturated carbocycles. The number of nitrogen functional groups attached to an aromatic ring is 1. The van der Waals surface area contributed by atoms with Crippen molar-refractivity contribution in [3.63, 3.8) is 0 Å². The molecule has 1 fully saturated rings. The lowest BCUT2D eigenvalue weighted by Gasteiger charge is -2.22. The van der Waals surface area contributed by atoms with Crippen LogP contribution in [-0.2, 0) is 4.74 Å².